The van der Waals surface area contributed by atoms with Gasteiger partial charge in [-0.05, 0) is 48.9 Å². The van der Waals surface area contributed by atoms with Crippen LogP contribution < -0.4 is 10.2 Å². The Kier molecular flexibility index (Phi) is 5.10. The molecule has 8 heteroatoms. The van der Waals surface area contributed by atoms with Gasteiger partial charge in [0, 0.05) is 45.3 Å². The van der Waals surface area contributed by atoms with E-state index in [0.29, 0.717) is 46.8 Å². The first-order valence-corrected chi connectivity index (χ1v) is 10.3. The fraction of sp³-hybridized carbons (Fsp3) is 0.167. The molecule has 1 amide bonds. The van der Waals surface area contributed by atoms with Gasteiger partial charge in [-0.3, -0.25) is 9.78 Å². The van der Waals surface area contributed by atoms with Crippen molar-refractivity contribution in [1.82, 2.24) is 20.3 Å². The molecule has 0 spiro atoms. The number of hydrogen-bond acceptors (Lipinski definition) is 6. The van der Waals surface area contributed by atoms with Gasteiger partial charge in [0.05, 0.1) is 11.1 Å². The minimum absolute atomic E-state index is 0. The Labute approximate surface area is 186 Å². The molecular weight excluding hydrogens is 409 g/mol. The highest BCUT2D eigenvalue weighted by molar-refractivity contribution is 5.94. The molecule has 5 rings (SSSR count). The van der Waals surface area contributed by atoms with E-state index in [1.165, 1.54) is 12.1 Å². The van der Waals surface area contributed by atoms with Crippen molar-refractivity contribution in [1.29, 1.82) is 0 Å². The number of carbonyl (C=O) groups is 1. The second-order valence-corrected chi connectivity index (χ2v) is 7.69. The number of aromatic nitrogens is 3. The van der Waals surface area contributed by atoms with Crippen molar-refractivity contribution in [3.8, 4) is 17.1 Å². The summed E-state index contributed by atoms with van der Waals surface area (Å²) in [6.07, 6.45) is 3.89. The zero-order chi connectivity index (χ0) is 22.1. The maximum atomic E-state index is 14.1. The highest BCUT2D eigenvalue weighted by Crippen LogP contribution is 2.33. The van der Waals surface area contributed by atoms with Crippen LogP contribution in [-0.2, 0) is 0 Å². The Morgan fingerprint density at radius 3 is 2.75 bits per heavy atom. The number of nitrogens with zero attached hydrogens (tertiary/aromatic N) is 4. The van der Waals surface area contributed by atoms with E-state index in [9.17, 15) is 14.3 Å². The molecule has 32 heavy (non-hydrogen) atoms. The fourth-order valence-corrected chi connectivity index (χ4v) is 3.95. The summed E-state index contributed by atoms with van der Waals surface area (Å²) in [7, 11) is 0. The van der Waals surface area contributed by atoms with Crippen LogP contribution in [0, 0.1) is 5.82 Å². The Balaban J connectivity index is 0.00000162. The van der Waals surface area contributed by atoms with Gasteiger partial charge in [-0.25, -0.2) is 14.4 Å². The van der Waals surface area contributed by atoms with Crippen LogP contribution in [0.15, 0.2) is 67.0 Å². The normalized spacial score (nSPS) is 15.8. The maximum Gasteiger partial charge on any atom is 0.251 e. The molecule has 2 aromatic carbocycles. The number of amides is 1. The number of aromatic hydroxyl groups is 1. The number of halogens is 1. The van der Waals surface area contributed by atoms with Crippen LogP contribution in [0.2, 0.25) is 0 Å². The van der Waals surface area contributed by atoms with Crippen molar-refractivity contribution >= 4 is 22.6 Å². The number of phenolic OH excluding ortho intramolecular Hbond substituents is 1. The number of carbonyl (C=O) groups excluding carboxylic acids is 1. The van der Waals surface area contributed by atoms with E-state index in [4.69, 9.17) is 4.98 Å². The fourth-order valence-electron chi connectivity index (χ4n) is 3.95. The number of phenols is 1. The van der Waals surface area contributed by atoms with Crippen molar-refractivity contribution in [3.63, 3.8) is 0 Å². The van der Waals surface area contributed by atoms with Crippen molar-refractivity contribution in [2.45, 2.75) is 12.5 Å². The molecule has 0 unspecified atom stereocenters. The van der Waals surface area contributed by atoms with Gasteiger partial charge in [-0.15, -0.1) is 0 Å². The van der Waals surface area contributed by atoms with Crippen LogP contribution in [-0.4, -0.2) is 45.1 Å². The molecule has 2 N–H and O–H groups in total. The third-order valence-corrected chi connectivity index (χ3v) is 5.55. The molecule has 2 aromatic heterocycles. The first kappa shape index (κ1) is 19.9. The molecule has 4 aromatic rings. The third kappa shape index (κ3) is 3.82. The number of pyridine rings is 1. The Morgan fingerprint density at radius 1 is 1.12 bits per heavy atom. The van der Waals surface area contributed by atoms with Crippen LogP contribution in [0.3, 0.4) is 0 Å². The average Bonchev–Trinajstić information content (AvgIpc) is 3.27. The van der Waals surface area contributed by atoms with Gasteiger partial charge in [-0.2, -0.15) is 0 Å². The zero-order valence-electron chi connectivity index (χ0n) is 17.1. The quantitative estimate of drug-likeness (QED) is 0.505. The number of benzene rings is 2. The molecule has 3 heterocycles. The van der Waals surface area contributed by atoms with Gasteiger partial charge in [0.2, 0.25) is 0 Å². The second kappa shape index (κ2) is 8.22. The summed E-state index contributed by atoms with van der Waals surface area (Å²) in [6, 6.07) is 14.5. The molecule has 0 radical (unpaired) electrons. The largest absolute Gasteiger partial charge is 0.507 e. The van der Waals surface area contributed by atoms with Gasteiger partial charge in [-0.1, -0.05) is 12.1 Å². The van der Waals surface area contributed by atoms with Gasteiger partial charge >= 0.3 is 0 Å². The van der Waals surface area contributed by atoms with Crippen LogP contribution in [0.4, 0.5) is 10.2 Å². The summed E-state index contributed by atoms with van der Waals surface area (Å²) in [5, 5.41) is 13.9. The molecule has 7 nitrogen and oxygen atoms in total. The van der Waals surface area contributed by atoms with Crippen LogP contribution in [0.1, 0.15) is 19.6 Å². The minimum atomic E-state index is -0.376. The lowest BCUT2D eigenvalue weighted by molar-refractivity contribution is 0.0940. The Bertz CT molecular complexity index is 1310. The summed E-state index contributed by atoms with van der Waals surface area (Å²) in [6.45, 7) is 1.17. The smallest absolute Gasteiger partial charge is 0.251 e. The van der Waals surface area contributed by atoms with E-state index in [-0.39, 0.29) is 26.4 Å². The van der Waals surface area contributed by atoms with Crippen molar-refractivity contribution in [2.24, 2.45) is 0 Å². The van der Waals surface area contributed by atoms with E-state index >= 15 is 0 Å². The van der Waals surface area contributed by atoms with Gasteiger partial charge in [0.1, 0.15) is 17.4 Å². The molecule has 1 fully saturated rings. The van der Waals surface area contributed by atoms with Crippen molar-refractivity contribution in [2.75, 3.05) is 18.0 Å². The predicted octanol–water partition coefficient (Wildman–Crippen LogP) is 4.04. The maximum absolute atomic E-state index is 14.1. The number of nitrogens with one attached hydrogen (secondary N) is 1. The third-order valence-electron chi connectivity index (χ3n) is 5.55. The van der Waals surface area contributed by atoms with E-state index < -0.39 is 0 Å². The van der Waals surface area contributed by atoms with Gasteiger partial charge in [0.25, 0.3) is 5.91 Å². The molecule has 0 bridgehead atoms. The molecule has 0 aliphatic carbocycles. The summed E-state index contributed by atoms with van der Waals surface area (Å²) >= 11 is 0. The summed E-state index contributed by atoms with van der Waals surface area (Å²) in [5.41, 5.74) is 1.63. The Morgan fingerprint density at radius 2 is 1.94 bits per heavy atom. The zero-order valence-corrected chi connectivity index (χ0v) is 17.1. The van der Waals surface area contributed by atoms with Crippen LogP contribution in [0.25, 0.3) is 22.3 Å². The number of para-hydroxylation sites is 1. The van der Waals surface area contributed by atoms with E-state index in [1.54, 1.807) is 54.9 Å². The monoisotopic (exact) mass is 433 g/mol. The highest BCUT2D eigenvalue weighted by Gasteiger charge is 2.27. The molecule has 1 saturated heterocycles. The topological polar surface area (TPSA) is 91.2 Å². The number of rotatable bonds is 4. The SMILES string of the molecule is O=C(N[C@H]1CCN(c2nc(-c3ccccc3O)nc3ccc(F)cc23)C1)c1ccncc1.[HH].[HH]. The summed E-state index contributed by atoms with van der Waals surface area (Å²) < 4.78 is 14.1. The second-order valence-electron chi connectivity index (χ2n) is 7.69. The number of anilines is 1. The molecule has 164 valence electrons. The van der Waals surface area contributed by atoms with Gasteiger partial charge < -0.3 is 15.3 Å². The molecule has 1 aliphatic heterocycles. The summed E-state index contributed by atoms with van der Waals surface area (Å²) in [5.74, 6) is 0.478. The molecule has 0 saturated carbocycles. The lowest BCUT2D eigenvalue weighted by Crippen LogP contribution is -2.37. The summed E-state index contributed by atoms with van der Waals surface area (Å²) in [4.78, 5) is 27.7. The van der Waals surface area contributed by atoms with Gasteiger partial charge in [0.15, 0.2) is 5.82 Å². The number of hydrogen-bond donors (Lipinski definition) is 2. The predicted molar refractivity (Wildman–Crippen MR) is 123 cm³/mol. The first-order valence-electron chi connectivity index (χ1n) is 10.3. The highest BCUT2D eigenvalue weighted by atomic mass is 19.1. The van der Waals surface area contributed by atoms with Crippen molar-refractivity contribution in [3.05, 3.63) is 78.4 Å². The molecule has 1 aliphatic rings. The van der Waals surface area contributed by atoms with Crippen LogP contribution in [0.5, 0.6) is 5.75 Å². The molecule has 1 atom stereocenters. The standard InChI is InChI=1S/C24H20FN5O2.2H2/c25-16-5-6-20-19(13-16)23(29-22(28-20)18-3-1-2-4-21(18)31)30-12-9-17(14-30)27-24(32)15-7-10-26-11-8-15;;/h1-8,10-11,13,17,31H,9,12,14H2,(H,27,32);2*1H/t17-;;/m0../s1. The van der Waals surface area contributed by atoms with Crippen molar-refractivity contribution < 1.29 is 17.1 Å². The average molecular weight is 433 g/mol. The first-order chi connectivity index (χ1) is 15.6. The van der Waals surface area contributed by atoms with Crippen LogP contribution >= 0.6 is 0 Å². The minimum Gasteiger partial charge on any atom is -0.507 e. The number of fused-ring (bicyclic) bond motifs is 1. The lowest BCUT2D eigenvalue weighted by atomic mass is 10.1. The Hall–Kier alpha value is -4.07. The van der Waals surface area contributed by atoms with E-state index in [1.807, 2.05) is 4.90 Å². The van der Waals surface area contributed by atoms with E-state index in [0.717, 1.165) is 6.42 Å². The lowest BCUT2D eigenvalue weighted by Gasteiger charge is -2.21. The van der Waals surface area contributed by atoms with E-state index in [2.05, 4.69) is 15.3 Å². The molecular formula is C24H24FN5O2.